The fraction of sp³-hybridized carbons (Fsp3) is 0.889. The van der Waals surface area contributed by atoms with Gasteiger partial charge < -0.3 is 10.5 Å². The quantitative estimate of drug-likeness (QED) is 0.623. The molecule has 2 aliphatic carbocycles. The SMILES string of the molecule is CCOC(=O)C1(N)CC2(CC2)C1. The van der Waals surface area contributed by atoms with E-state index in [1.807, 2.05) is 6.92 Å². The van der Waals surface area contributed by atoms with Crippen molar-refractivity contribution in [3.05, 3.63) is 0 Å². The summed E-state index contributed by atoms with van der Waals surface area (Å²) in [6, 6.07) is 0. The van der Waals surface area contributed by atoms with Crippen LogP contribution in [0.3, 0.4) is 0 Å². The zero-order valence-corrected chi connectivity index (χ0v) is 7.43. The van der Waals surface area contributed by atoms with E-state index in [-0.39, 0.29) is 5.97 Å². The maximum absolute atomic E-state index is 11.3. The third-order valence-electron chi connectivity index (χ3n) is 3.02. The highest BCUT2D eigenvalue weighted by molar-refractivity contribution is 5.82. The van der Waals surface area contributed by atoms with Crippen LogP contribution in [0.2, 0.25) is 0 Å². The van der Waals surface area contributed by atoms with Gasteiger partial charge in [-0.05, 0) is 38.0 Å². The summed E-state index contributed by atoms with van der Waals surface area (Å²) in [7, 11) is 0. The molecule has 3 nitrogen and oxygen atoms in total. The molecule has 2 rings (SSSR count). The normalized spacial score (nSPS) is 27.8. The molecule has 0 atom stereocenters. The Morgan fingerprint density at radius 3 is 2.50 bits per heavy atom. The Balaban J connectivity index is 1.91. The topological polar surface area (TPSA) is 52.3 Å². The van der Waals surface area contributed by atoms with Crippen molar-refractivity contribution < 1.29 is 9.53 Å². The minimum Gasteiger partial charge on any atom is -0.465 e. The lowest BCUT2D eigenvalue weighted by Gasteiger charge is -2.43. The monoisotopic (exact) mass is 169 g/mol. The van der Waals surface area contributed by atoms with Crippen LogP contribution in [-0.4, -0.2) is 18.1 Å². The second kappa shape index (κ2) is 2.22. The maximum Gasteiger partial charge on any atom is 0.326 e. The highest BCUT2D eigenvalue weighted by atomic mass is 16.5. The fourth-order valence-corrected chi connectivity index (χ4v) is 2.24. The largest absolute Gasteiger partial charge is 0.465 e. The average molecular weight is 169 g/mol. The lowest BCUT2D eigenvalue weighted by molar-refractivity contribution is -0.156. The number of carbonyl (C=O) groups excluding carboxylic acids is 1. The molecular weight excluding hydrogens is 154 g/mol. The van der Waals surface area contributed by atoms with E-state index >= 15 is 0 Å². The Kier molecular flexibility index (Phi) is 1.49. The predicted molar refractivity (Wildman–Crippen MR) is 44.5 cm³/mol. The molecule has 0 aromatic rings. The van der Waals surface area contributed by atoms with Crippen LogP contribution in [-0.2, 0) is 9.53 Å². The Morgan fingerprint density at radius 2 is 2.08 bits per heavy atom. The summed E-state index contributed by atoms with van der Waals surface area (Å²) in [4.78, 5) is 11.3. The van der Waals surface area contributed by atoms with E-state index < -0.39 is 5.54 Å². The van der Waals surface area contributed by atoms with Gasteiger partial charge in [-0.3, -0.25) is 4.79 Å². The second-order valence-electron chi connectivity index (χ2n) is 4.23. The van der Waals surface area contributed by atoms with Gasteiger partial charge in [0.05, 0.1) is 6.61 Å². The molecule has 2 aliphatic rings. The van der Waals surface area contributed by atoms with Crippen molar-refractivity contribution in [1.82, 2.24) is 0 Å². The van der Waals surface area contributed by atoms with Crippen LogP contribution in [0.15, 0.2) is 0 Å². The van der Waals surface area contributed by atoms with Gasteiger partial charge in [-0.25, -0.2) is 0 Å². The molecule has 12 heavy (non-hydrogen) atoms. The van der Waals surface area contributed by atoms with E-state index in [0.29, 0.717) is 12.0 Å². The van der Waals surface area contributed by atoms with Crippen molar-refractivity contribution in [2.75, 3.05) is 6.61 Å². The van der Waals surface area contributed by atoms with Gasteiger partial charge in [0, 0.05) is 0 Å². The number of rotatable bonds is 2. The van der Waals surface area contributed by atoms with Gasteiger partial charge in [-0.15, -0.1) is 0 Å². The first-order valence-corrected chi connectivity index (χ1v) is 4.56. The molecule has 0 saturated heterocycles. The molecule has 0 unspecified atom stereocenters. The molecular formula is C9H15NO2. The molecule has 0 amide bonds. The van der Waals surface area contributed by atoms with Crippen LogP contribution in [0.5, 0.6) is 0 Å². The summed E-state index contributed by atoms with van der Waals surface area (Å²) in [5, 5.41) is 0. The molecule has 0 aromatic heterocycles. The van der Waals surface area contributed by atoms with E-state index in [1.165, 1.54) is 12.8 Å². The van der Waals surface area contributed by atoms with Crippen LogP contribution in [0, 0.1) is 5.41 Å². The number of ether oxygens (including phenoxy) is 1. The summed E-state index contributed by atoms with van der Waals surface area (Å²) in [5.74, 6) is -0.206. The zero-order valence-electron chi connectivity index (χ0n) is 7.43. The summed E-state index contributed by atoms with van der Waals surface area (Å²) >= 11 is 0. The fourth-order valence-electron chi connectivity index (χ4n) is 2.24. The minimum absolute atomic E-state index is 0.206. The summed E-state index contributed by atoms with van der Waals surface area (Å²) in [5.41, 5.74) is 5.70. The molecule has 68 valence electrons. The molecule has 0 bridgehead atoms. The van der Waals surface area contributed by atoms with Crippen LogP contribution < -0.4 is 5.73 Å². The number of hydrogen-bond acceptors (Lipinski definition) is 3. The van der Waals surface area contributed by atoms with Crippen LogP contribution >= 0.6 is 0 Å². The smallest absolute Gasteiger partial charge is 0.326 e. The molecule has 0 heterocycles. The molecule has 2 fully saturated rings. The van der Waals surface area contributed by atoms with Gasteiger partial charge in [-0.2, -0.15) is 0 Å². The van der Waals surface area contributed by atoms with Crippen molar-refractivity contribution >= 4 is 5.97 Å². The third-order valence-corrected chi connectivity index (χ3v) is 3.02. The molecule has 0 aromatic carbocycles. The van der Waals surface area contributed by atoms with Crippen molar-refractivity contribution in [3.63, 3.8) is 0 Å². The van der Waals surface area contributed by atoms with Gasteiger partial charge >= 0.3 is 5.97 Å². The first-order valence-electron chi connectivity index (χ1n) is 4.56. The summed E-state index contributed by atoms with van der Waals surface area (Å²) in [6.07, 6.45) is 4.20. The van der Waals surface area contributed by atoms with Gasteiger partial charge in [0.15, 0.2) is 0 Å². The first-order chi connectivity index (χ1) is 5.60. The number of esters is 1. The molecule has 3 heteroatoms. The second-order valence-corrected chi connectivity index (χ2v) is 4.23. The van der Waals surface area contributed by atoms with Crippen LogP contribution in [0.4, 0.5) is 0 Å². The van der Waals surface area contributed by atoms with Crippen molar-refractivity contribution in [2.24, 2.45) is 11.1 Å². The highest BCUT2D eigenvalue weighted by Crippen LogP contribution is 2.64. The average Bonchev–Trinajstić information content (AvgIpc) is 2.67. The number of nitrogens with two attached hydrogens (primary N) is 1. The Labute approximate surface area is 72.3 Å². The van der Waals surface area contributed by atoms with E-state index in [2.05, 4.69) is 0 Å². The Bertz CT molecular complexity index is 213. The van der Waals surface area contributed by atoms with Crippen molar-refractivity contribution in [3.8, 4) is 0 Å². The number of hydrogen-bond donors (Lipinski definition) is 1. The van der Waals surface area contributed by atoms with Gasteiger partial charge in [0.1, 0.15) is 5.54 Å². The lowest BCUT2D eigenvalue weighted by Crippen LogP contribution is -2.59. The lowest BCUT2D eigenvalue weighted by atomic mass is 9.66. The van der Waals surface area contributed by atoms with E-state index in [4.69, 9.17) is 10.5 Å². The standard InChI is InChI=1S/C9H15NO2/c1-2-12-7(11)9(10)5-8(6-9)3-4-8/h2-6,10H2,1H3. The molecule has 0 radical (unpaired) electrons. The predicted octanol–water partition coefficient (Wildman–Crippen LogP) is 0.821. The van der Waals surface area contributed by atoms with E-state index in [0.717, 1.165) is 12.8 Å². The molecule has 2 saturated carbocycles. The van der Waals surface area contributed by atoms with Crippen LogP contribution in [0.1, 0.15) is 32.6 Å². The zero-order chi connectivity index (χ0) is 8.82. The van der Waals surface area contributed by atoms with E-state index in [9.17, 15) is 4.79 Å². The molecule has 0 aliphatic heterocycles. The van der Waals surface area contributed by atoms with Crippen LogP contribution in [0.25, 0.3) is 0 Å². The summed E-state index contributed by atoms with van der Waals surface area (Å²) in [6.45, 7) is 2.25. The molecule has 2 N–H and O–H groups in total. The van der Waals surface area contributed by atoms with Crippen molar-refractivity contribution in [1.29, 1.82) is 0 Å². The third kappa shape index (κ3) is 1.04. The van der Waals surface area contributed by atoms with Gasteiger partial charge in [0.25, 0.3) is 0 Å². The van der Waals surface area contributed by atoms with Gasteiger partial charge in [0.2, 0.25) is 0 Å². The van der Waals surface area contributed by atoms with E-state index in [1.54, 1.807) is 0 Å². The number of carbonyl (C=O) groups is 1. The first kappa shape index (κ1) is 8.05. The molecule has 1 spiro atoms. The highest BCUT2D eigenvalue weighted by Gasteiger charge is 2.63. The summed E-state index contributed by atoms with van der Waals surface area (Å²) < 4.78 is 4.91. The maximum atomic E-state index is 11.3. The Hall–Kier alpha value is -0.570. The van der Waals surface area contributed by atoms with Crippen molar-refractivity contribution in [2.45, 2.75) is 38.1 Å². The minimum atomic E-state index is -0.632. The Morgan fingerprint density at radius 1 is 1.50 bits per heavy atom. The van der Waals surface area contributed by atoms with Gasteiger partial charge in [-0.1, -0.05) is 0 Å².